The second-order valence-corrected chi connectivity index (χ2v) is 8.66. The van der Waals surface area contributed by atoms with E-state index in [2.05, 4.69) is 4.98 Å². The average molecular weight is 336 g/mol. The number of hydrogen-bond acceptors (Lipinski definition) is 4. The third kappa shape index (κ3) is 3.94. The fourth-order valence-corrected chi connectivity index (χ4v) is 5.00. The van der Waals surface area contributed by atoms with E-state index in [1.54, 1.807) is 21.8 Å². The highest BCUT2D eigenvalue weighted by Gasteiger charge is 2.36. The Kier molecular flexibility index (Phi) is 4.61. The van der Waals surface area contributed by atoms with E-state index in [9.17, 15) is 8.42 Å². The van der Waals surface area contributed by atoms with Crippen LogP contribution in [0, 0.1) is 6.92 Å². The largest absolute Gasteiger partial charge is 0.250 e. The second kappa shape index (κ2) is 6.48. The number of hydrogen-bond donors (Lipinski definition) is 0. The summed E-state index contributed by atoms with van der Waals surface area (Å²) in [6, 6.07) is 7.92. The van der Waals surface area contributed by atoms with Gasteiger partial charge in [-0.25, -0.2) is 13.4 Å². The topological polar surface area (TPSA) is 50.3 Å². The molecule has 2 aromatic rings. The molecular formula is C16H20N2O2S2. The normalized spacial score (nSPS) is 15.4. The molecule has 0 bridgehead atoms. The van der Waals surface area contributed by atoms with Crippen molar-refractivity contribution >= 4 is 21.4 Å². The van der Waals surface area contributed by atoms with E-state index in [0.717, 1.165) is 29.0 Å². The van der Waals surface area contributed by atoms with Crippen LogP contribution in [0.3, 0.4) is 0 Å². The molecule has 0 aliphatic heterocycles. The summed E-state index contributed by atoms with van der Waals surface area (Å²) in [5.41, 5.74) is 1.95. The van der Waals surface area contributed by atoms with Gasteiger partial charge in [0.15, 0.2) is 0 Å². The first-order valence-corrected chi connectivity index (χ1v) is 9.97. The molecule has 0 amide bonds. The van der Waals surface area contributed by atoms with Crippen LogP contribution in [0.4, 0.5) is 0 Å². The van der Waals surface area contributed by atoms with Crippen LogP contribution in [0.25, 0.3) is 0 Å². The fourth-order valence-electron chi connectivity index (χ4n) is 2.59. The Bertz CT molecular complexity index is 722. The Labute approximate surface area is 135 Å². The molecule has 4 nitrogen and oxygen atoms in total. The minimum Gasteiger partial charge on any atom is -0.250 e. The van der Waals surface area contributed by atoms with Crippen molar-refractivity contribution in [2.24, 2.45) is 0 Å². The Morgan fingerprint density at radius 1 is 1.36 bits per heavy atom. The molecule has 3 rings (SSSR count). The lowest BCUT2D eigenvalue weighted by molar-refractivity contribution is 0.406. The number of sulfonamides is 1. The standard InChI is InChI=1S/C16H20N2O2S2/c1-13-3-2-4-14(11-13)12-22(19,20)18(15-5-6-15)9-7-16-17-8-10-21-16/h2-4,8,10-11,15H,5-7,9,12H2,1H3. The van der Waals surface area contributed by atoms with Crippen LogP contribution in [-0.2, 0) is 22.2 Å². The van der Waals surface area contributed by atoms with Crippen LogP contribution in [0.15, 0.2) is 35.8 Å². The third-order valence-corrected chi connectivity index (χ3v) is 6.51. The van der Waals surface area contributed by atoms with Gasteiger partial charge in [-0.3, -0.25) is 0 Å². The molecule has 0 N–H and O–H groups in total. The van der Waals surface area contributed by atoms with E-state index in [1.807, 2.05) is 36.6 Å². The quantitative estimate of drug-likeness (QED) is 0.781. The molecule has 6 heteroatoms. The zero-order valence-electron chi connectivity index (χ0n) is 12.6. The molecule has 1 fully saturated rings. The summed E-state index contributed by atoms with van der Waals surface area (Å²) in [5, 5.41) is 2.93. The minimum atomic E-state index is -3.27. The maximum absolute atomic E-state index is 12.8. The monoisotopic (exact) mass is 336 g/mol. The van der Waals surface area contributed by atoms with Gasteiger partial charge in [-0.2, -0.15) is 4.31 Å². The van der Waals surface area contributed by atoms with Gasteiger partial charge in [0.05, 0.1) is 10.8 Å². The Hall–Kier alpha value is -1.24. The van der Waals surface area contributed by atoms with Crippen LogP contribution in [0.2, 0.25) is 0 Å². The summed E-state index contributed by atoms with van der Waals surface area (Å²) in [6.45, 7) is 2.52. The molecule has 0 spiro atoms. The molecule has 118 valence electrons. The molecule has 0 unspecified atom stereocenters. The van der Waals surface area contributed by atoms with Crippen molar-refractivity contribution in [1.82, 2.24) is 9.29 Å². The number of thiazole rings is 1. The van der Waals surface area contributed by atoms with Gasteiger partial charge in [-0.1, -0.05) is 29.8 Å². The van der Waals surface area contributed by atoms with Crippen LogP contribution >= 0.6 is 11.3 Å². The first kappa shape index (κ1) is 15.6. The Morgan fingerprint density at radius 2 is 2.18 bits per heavy atom. The molecule has 1 aromatic heterocycles. The van der Waals surface area contributed by atoms with Gasteiger partial charge in [-0.05, 0) is 25.3 Å². The molecule has 1 saturated carbocycles. The maximum atomic E-state index is 12.8. The maximum Gasteiger partial charge on any atom is 0.218 e. The molecule has 22 heavy (non-hydrogen) atoms. The molecule has 1 aliphatic carbocycles. The highest BCUT2D eigenvalue weighted by atomic mass is 32.2. The molecule has 0 atom stereocenters. The van der Waals surface area contributed by atoms with E-state index in [-0.39, 0.29) is 11.8 Å². The number of benzene rings is 1. The number of aryl methyl sites for hydroxylation is 1. The van der Waals surface area contributed by atoms with Gasteiger partial charge < -0.3 is 0 Å². The predicted molar refractivity (Wildman–Crippen MR) is 89.3 cm³/mol. The summed E-state index contributed by atoms with van der Waals surface area (Å²) >= 11 is 1.58. The van der Waals surface area contributed by atoms with Crippen molar-refractivity contribution < 1.29 is 8.42 Å². The molecule has 1 aromatic carbocycles. The second-order valence-electron chi connectivity index (χ2n) is 5.76. The number of aromatic nitrogens is 1. The lowest BCUT2D eigenvalue weighted by Gasteiger charge is -2.21. The number of nitrogens with zero attached hydrogens (tertiary/aromatic N) is 2. The van der Waals surface area contributed by atoms with Crippen LogP contribution in [0.1, 0.15) is 29.0 Å². The van der Waals surface area contributed by atoms with Crippen molar-refractivity contribution in [1.29, 1.82) is 0 Å². The molecule has 0 saturated heterocycles. The summed E-state index contributed by atoms with van der Waals surface area (Å²) in [7, 11) is -3.27. The third-order valence-electron chi connectivity index (χ3n) is 3.77. The van der Waals surface area contributed by atoms with Gasteiger partial charge >= 0.3 is 0 Å². The van der Waals surface area contributed by atoms with E-state index >= 15 is 0 Å². The van der Waals surface area contributed by atoms with Gasteiger partial charge in [-0.15, -0.1) is 11.3 Å². The van der Waals surface area contributed by atoms with Gasteiger partial charge in [0.1, 0.15) is 0 Å². The first-order chi connectivity index (χ1) is 10.5. The summed E-state index contributed by atoms with van der Waals surface area (Å²) in [6.07, 6.45) is 4.42. The van der Waals surface area contributed by atoms with E-state index in [1.165, 1.54) is 0 Å². The first-order valence-electron chi connectivity index (χ1n) is 7.48. The summed E-state index contributed by atoms with van der Waals surface area (Å²) in [4.78, 5) is 4.24. The highest BCUT2D eigenvalue weighted by molar-refractivity contribution is 7.88. The van der Waals surface area contributed by atoms with E-state index in [4.69, 9.17) is 0 Å². The van der Waals surface area contributed by atoms with Crippen molar-refractivity contribution in [3.63, 3.8) is 0 Å². The van der Waals surface area contributed by atoms with Crippen molar-refractivity contribution in [3.8, 4) is 0 Å². The van der Waals surface area contributed by atoms with Crippen LogP contribution in [-0.4, -0.2) is 30.3 Å². The molecule has 0 radical (unpaired) electrons. The lowest BCUT2D eigenvalue weighted by atomic mass is 10.2. The van der Waals surface area contributed by atoms with Gasteiger partial charge in [0, 0.05) is 30.6 Å². The molecule has 1 heterocycles. The number of rotatable bonds is 7. The van der Waals surface area contributed by atoms with Crippen molar-refractivity contribution in [2.45, 2.75) is 38.0 Å². The summed E-state index contributed by atoms with van der Waals surface area (Å²) in [5.74, 6) is 0.0864. The summed E-state index contributed by atoms with van der Waals surface area (Å²) < 4.78 is 27.2. The van der Waals surface area contributed by atoms with Crippen molar-refractivity contribution in [3.05, 3.63) is 52.0 Å². The van der Waals surface area contributed by atoms with E-state index in [0.29, 0.717) is 13.0 Å². The SMILES string of the molecule is Cc1cccc(CS(=O)(=O)N(CCc2nccs2)C2CC2)c1. The fraction of sp³-hybridized carbons (Fsp3) is 0.438. The lowest BCUT2D eigenvalue weighted by Crippen LogP contribution is -2.35. The molecular weight excluding hydrogens is 316 g/mol. The zero-order chi connectivity index (χ0) is 15.6. The van der Waals surface area contributed by atoms with Crippen molar-refractivity contribution in [2.75, 3.05) is 6.54 Å². The smallest absolute Gasteiger partial charge is 0.218 e. The predicted octanol–water partition coefficient (Wildman–Crippen LogP) is 2.99. The average Bonchev–Trinajstić information content (AvgIpc) is 3.13. The minimum absolute atomic E-state index is 0.0864. The van der Waals surface area contributed by atoms with Crippen LogP contribution in [0.5, 0.6) is 0 Å². The zero-order valence-corrected chi connectivity index (χ0v) is 14.2. The van der Waals surface area contributed by atoms with Gasteiger partial charge in [0.2, 0.25) is 10.0 Å². The Morgan fingerprint density at radius 3 is 2.82 bits per heavy atom. The highest BCUT2D eigenvalue weighted by Crippen LogP contribution is 2.31. The van der Waals surface area contributed by atoms with Crippen LogP contribution < -0.4 is 0 Å². The molecule has 1 aliphatic rings. The van der Waals surface area contributed by atoms with Gasteiger partial charge in [0.25, 0.3) is 0 Å². The Balaban J connectivity index is 1.72. The van der Waals surface area contributed by atoms with E-state index < -0.39 is 10.0 Å².